The van der Waals surface area contributed by atoms with Crippen molar-refractivity contribution in [2.45, 2.75) is 0 Å². The van der Waals surface area contributed by atoms with Crippen molar-refractivity contribution in [2.24, 2.45) is 0 Å². The number of ether oxygens (including phenoxy) is 2. The summed E-state index contributed by atoms with van der Waals surface area (Å²) < 4.78 is 10.6. The lowest BCUT2D eigenvalue weighted by molar-refractivity contribution is 0.396. The van der Waals surface area contributed by atoms with Crippen molar-refractivity contribution in [3.8, 4) is 11.5 Å². The summed E-state index contributed by atoms with van der Waals surface area (Å²) in [6, 6.07) is 13.2. The number of para-hydroxylation sites is 1. The van der Waals surface area contributed by atoms with Gasteiger partial charge < -0.3 is 25.4 Å². The standard InChI is InChI=1S/C19H20ClN5O2/c1-25(12-7-5-4-6-8-12)19-17(21)18(22-11-23-19)24-14-9-13(20)15(26-2)10-16(14)27-3/h4-11H,21H2,1-3H3,(H,22,23,24). The molecule has 0 fully saturated rings. The highest BCUT2D eigenvalue weighted by molar-refractivity contribution is 6.32. The summed E-state index contributed by atoms with van der Waals surface area (Å²) in [5.74, 6) is 2.09. The van der Waals surface area contributed by atoms with Gasteiger partial charge >= 0.3 is 0 Å². The highest BCUT2D eigenvalue weighted by Gasteiger charge is 2.16. The third-order valence-corrected chi connectivity index (χ3v) is 4.35. The number of aromatic nitrogens is 2. The van der Waals surface area contributed by atoms with Crippen LogP contribution in [0.1, 0.15) is 0 Å². The molecule has 0 atom stereocenters. The first-order chi connectivity index (χ1) is 13.0. The number of nitrogens with two attached hydrogens (primary N) is 1. The van der Waals surface area contributed by atoms with Gasteiger partial charge in [-0.3, -0.25) is 0 Å². The maximum atomic E-state index is 6.33. The van der Waals surface area contributed by atoms with Gasteiger partial charge in [-0.05, 0) is 18.2 Å². The molecule has 1 aromatic heterocycles. The van der Waals surface area contributed by atoms with Crippen LogP contribution in [0.15, 0.2) is 48.8 Å². The number of anilines is 5. The number of halogens is 1. The van der Waals surface area contributed by atoms with Crippen molar-refractivity contribution in [3.63, 3.8) is 0 Å². The maximum Gasteiger partial charge on any atom is 0.161 e. The molecule has 1 heterocycles. The number of hydrogen-bond donors (Lipinski definition) is 2. The molecule has 0 unspecified atom stereocenters. The Labute approximate surface area is 162 Å². The van der Waals surface area contributed by atoms with E-state index < -0.39 is 0 Å². The summed E-state index contributed by atoms with van der Waals surface area (Å²) in [5.41, 5.74) is 8.30. The molecule has 3 rings (SSSR count). The van der Waals surface area contributed by atoms with Gasteiger partial charge in [0.05, 0.1) is 24.9 Å². The van der Waals surface area contributed by atoms with Crippen LogP contribution in [0, 0.1) is 0 Å². The predicted octanol–water partition coefficient (Wildman–Crippen LogP) is 4.24. The third kappa shape index (κ3) is 3.83. The van der Waals surface area contributed by atoms with Crippen molar-refractivity contribution < 1.29 is 9.47 Å². The highest BCUT2D eigenvalue weighted by Crippen LogP contribution is 2.39. The number of nitrogens with zero attached hydrogens (tertiary/aromatic N) is 3. The van der Waals surface area contributed by atoms with Crippen molar-refractivity contribution in [1.82, 2.24) is 9.97 Å². The number of methoxy groups -OCH3 is 2. The minimum atomic E-state index is 0.401. The monoisotopic (exact) mass is 385 g/mol. The van der Waals surface area contributed by atoms with E-state index in [0.29, 0.717) is 39.5 Å². The van der Waals surface area contributed by atoms with Gasteiger partial charge in [0.2, 0.25) is 0 Å². The number of nitrogens with one attached hydrogen (secondary N) is 1. The fourth-order valence-corrected chi connectivity index (χ4v) is 2.85. The molecule has 27 heavy (non-hydrogen) atoms. The van der Waals surface area contributed by atoms with Crippen molar-refractivity contribution in [3.05, 3.63) is 53.8 Å². The summed E-state index contributed by atoms with van der Waals surface area (Å²) in [4.78, 5) is 10.5. The minimum Gasteiger partial charge on any atom is -0.495 e. The lowest BCUT2D eigenvalue weighted by Crippen LogP contribution is -2.15. The molecule has 140 valence electrons. The fraction of sp³-hybridized carbons (Fsp3) is 0.158. The van der Waals surface area contributed by atoms with Gasteiger partial charge in [0.1, 0.15) is 23.5 Å². The fourth-order valence-electron chi connectivity index (χ4n) is 2.61. The molecule has 0 spiro atoms. The van der Waals surface area contributed by atoms with Crippen LogP contribution in [-0.4, -0.2) is 31.2 Å². The molecular formula is C19H20ClN5O2. The Morgan fingerprint density at radius 2 is 1.74 bits per heavy atom. The zero-order valence-corrected chi connectivity index (χ0v) is 16.0. The summed E-state index contributed by atoms with van der Waals surface area (Å²) in [5, 5.41) is 3.60. The Hall–Kier alpha value is -3.19. The van der Waals surface area contributed by atoms with Gasteiger partial charge in [-0.1, -0.05) is 29.8 Å². The van der Waals surface area contributed by atoms with Gasteiger partial charge in [0, 0.05) is 18.8 Å². The molecule has 0 radical (unpaired) electrons. The van der Waals surface area contributed by atoms with Crippen LogP contribution >= 0.6 is 11.6 Å². The topological polar surface area (TPSA) is 85.5 Å². The van der Waals surface area contributed by atoms with Gasteiger partial charge in [0.25, 0.3) is 0 Å². The van der Waals surface area contributed by atoms with Crippen LogP contribution in [0.5, 0.6) is 11.5 Å². The second-order valence-electron chi connectivity index (χ2n) is 5.67. The zero-order valence-electron chi connectivity index (χ0n) is 15.2. The first-order valence-electron chi connectivity index (χ1n) is 8.13. The van der Waals surface area contributed by atoms with E-state index in [0.717, 1.165) is 5.69 Å². The largest absolute Gasteiger partial charge is 0.495 e. The van der Waals surface area contributed by atoms with Crippen molar-refractivity contribution in [2.75, 3.05) is 37.2 Å². The predicted molar refractivity (Wildman–Crippen MR) is 109 cm³/mol. The van der Waals surface area contributed by atoms with E-state index in [-0.39, 0.29) is 0 Å². The Balaban J connectivity index is 1.97. The van der Waals surface area contributed by atoms with Crippen LogP contribution in [0.4, 0.5) is 28.7 Å². The Bertz CT molecular complexity index is 937. The van der Waals surface area contributed by atoms with Crippen LogP contribution in [0.2, 0.25) is 5.02 Å². The molecule has 0 bridgehead atoms. The molecule has 0 aliphatic rings. The van der Waals surface area contributed by atoms with Crippen molar-refractivity contribution in [1.29, 1.82) is 0 Å². The lowest BCUT2D eigenvalue weighted by atomic mass is 10.2. The summed E-state index contributed by atoms with van der Waals surface area (Å²) in [7, 11) is 5.00. The van der Waals surface area contributed by atoms with E-state index in [1.807, 2.05) is 42.3 Å². The molecule has 0 amide bonds. The molecule has 0 aliphatic heterocycles. The highest BCUT2D eigenvalue weighted by atomic mass is 35.5. The Morgan fingerprint density at radius 3 is 2.41 bits per heavy atom. The molecule has 8 heteroatoms. The van der Waals surface area contributed by atoms with Crippen LogP contribution in [0.3, 0.4) is 0 Å². The zero-order chi connectivity index (χ0) is 19.4. The molecule has 3 N–H and O–H groups in total. The Morgan fingerprint density at radius 1 is 1.04 bits per heavy atom. The molecule has 0 aliphatic carbocycles. The molecule has 2 aromatic carbocycles. The average molecular weight is 386 g/mol. The molecule has 3 aromatic rings. The molecule has 0 saturated carbocycles. The van der Waals surface area contributed by atoms with E-state index in [4.69, 9.17) is 26.8 Å². The number of rotatable bonds is 6. The van der Waals surface area contributed by atoms with E-state index in [1.165, 1.54) is 6.33 Å². The first kappa shape index (κ1) is 18.6. The molecular weight excluding hydrogens is 366 g/mol. The van der Waals surface area contributed by atoms with E-state index in [1.54, 1.807) is 26.4 Å². The number of benzene rings is 2. The lowest BCUT2D eigenvalue weighted by Gasteiger charge is -2.21. The second-order valence-corrected chi connectivity index (χ2v) is 6.07. The van der Waals surface area contributed by atoms with E-state index in [2.05, 4.69) is 15.3 Å². The van der Waals surface area contributed by atoms with E-state index in [9.17, 15) is 0 Å². The maximum absolute atomic E-state index is 6.33. The van der Waals surface area contributed by atoms with Crippen LogP contribution < -0.4 is 25.4 Å². The smallest absolute Gasteiger partial charge is 0.161 e. The van der Waals surface area contributed by atoms with Gasteiger partial charge in [-0.25, -0.2) is 9.97 Å². The summed E-state index contributed by atoms with van der Waals surface area (Å²) in [6.45, 7) is 0. The average Bonchev–Trinajstić information content (AvgIpc) is 2.70. The van der Waals surface area contributed by atoms with Gasteiger partial charge in [-0.2, -0.15) is 0 Å². The van der Waals surface area contributed by atoms with Gasteiger partial charge in [-0.15, -0.1) is 0 Å². The number of hydrogen-bond acceptors (Lipinski definition) is 7. The van der Waals surface area contributed by atoms with Crippen LogP contribution in [-0.2, 0) is 0 Å². The minimum absolute atomic E-state index is 0.401. The van der Waals surface area contributed by atoms with Gasteiger partial charge in [0.15, 0.2) is 11.6 Å². The SMILES string of the molecule is COc1cc(OC)c(Nc2ncnc(N(C)c3ccccc3)c2N)cc1Cl. The summed E-state index contributed by atoms with van der Waals surface area (Å²) in [6.07, 6.45) is 1.45. The van der Waals surface area contributed by atoms with E-state index >= 15 is 0 Å². The normalized spacial score (nSPS) is 10.4. The second kappa shape index (κ2) is 8.01. The quantitative estimate of drug-likeness (QED) is 0.656. The summed E-state index contributed by atoms with van der Waals surface area (Å²) >= 11 is 6.23. The number of nitrogen functional groups attached to an aromatic ring is 1. The third-order valence-electron chi connectivity index (χ3n) is 4.05. The Kier molecular flexibility index (Phi) is 5.52. The first-order valence-corrected chi connectivity index (χ1v) is 8.50. The molecule has 0 saturated heterocycles. The van der Waals surface area contributed by atoms with Crippen LogP contribution in [0.25, 0.3) is 0 Å². The van der Waals surface area contributed by atoms with Crippen molar-refractivity contribution >= 4 is 40.3 Å². The molecule has 7 nitrogen and oxygen atoms in total.